The number of nitrogens with one attached hydrogen (secondary N) is 1. The predicted octanol–water partition coefficient (Wildman–Crippen LogP) is 0.470. The minimum atomic E-state index is -3.74. The molecule has 0 amide bonds. The molecule has 0 aliphatic rings. The second-order valence-electron chi connectivity index (χ2n) is 3.69. The molecule has 2 atom stereocenters. The van der Waals surface area contributed by atoms with Gasteiger partial charge in [-0.05, 0) is 13.3 Å². The summed E-state index contributed by atoms with van der Waals surface area (Å²) in [5, 5.41) is -0.860. The van der Waals surface area contributed by atoms with Crippen LogP contribution in [0.2, 0.25) is 0 Å². The molecule has 0 aromatic rings. The van der Waals surface area contributed by atoms with Crippen LogP contribution in [0.3, 0.4) is 0 Å². The zero-order valence-electron chi connectivity index (χ0n) is 8.90. The molecule has 0 bridgehead atoms. The molecular weight excluding hydrogens is 306 g/mol. The van der Waals surface area contributed by atoms with Crippen molar-refractivity contribution in [1.82, 2.24) is 4.72 Å². The number of hydrogen-bond acceptors (Lipinski definition) is 4. The molecule has 0 aliphatic heterocycles. The molecule has 0 fully saturated rings. The zero-order chi connectivity index (χ0) is 12.3. The van der Waals surface area contributed by atoms with Crippen molar-refractivity contribution in [2.45, 2.75) is 31.1 Å². The average molecular weight is 322 g/mol. The minimum Gasteiger partial charge on any atom is -0.228 e. The van der Waals surface area contributed by atoms with E-state index in [0.29, 0.717) is 6.42 Å². The van der Waals surface area contributed by atoms with Gasteiger partial charge >= 0.3 is 0 Å². The summed E-state index contributed by atoms with van der Waals surface area (Å²) in [4.78, 5) is 0.174. The fraction of sp³-hybridized carbons (Fsp3) is 1.00. The molecule has 0 radical (unpaired) electrons. The normalized spacial score (nSPS) is 17.3. The van der Waals surface area contributed by atoms with Crippen molar-refractivity contribution >= 4 is 35.8 Å². The SMILES string of the molecule is CC(Br)CC(C)NS(=O)(=O)CS(C)(=O)=O. The molecule has 0 spiro atoms. The number of alkyl halides is 1. The summed E-state index contributed by atoms with van der Waals surface area (Å²) in [6, 6.07) is -0.286. The van der Waals surface area contributed by atoms with Crippen LogP contribution in [0.5, 0.6) is 0 Å². The van der Waals surface area contributed by atoms with E-state index in [4.69, 9.17) is 0 Å². The van der Waals surface area contributed by atoms with Crippen LogP contribution in [-0.2, 0) is 19.9 Å². The van der Waals surface area contributed by atoms with Gasteiger partial charge in [0.1, 0.15) is 0 Å². The molecule has 0 heterocycles. The molecule has 2 unspecified atom stereocenters. The van der Waals surface area contributed by atoms with Crippen LogP contribution in [0.4, 0.5) is 0 Å². The van der Waals surface area contributed by atoms with Crippen molar-refractivity contribution in [2.24, 2.45) is 0 Å². The van der Waals surface area contributed by atoms with Crippen molar-refractivity contribution in [3.8, 4) is 0 Å². The van der Waals surface area contributed by atoms with Crippen LogP contribution in [0, 0.1) is 0 Å². The molecule has 0 rings (SSSR count). The van der Waals surface area contributed by atoms with Gasteiger partial charge in [-0.25, -0.2) is 21.6 Å². The first-order valence-electron chi connectivity index (χ1n) is 4.33. The Labute approximate surface area is 99.7 Å². The Morgan fingerprint density at radius 1 is 1.20 bits per heavy atom. The lowest BCUT2D eigenvalue weighted by atomic mass is 10.2. The Bertz CT molecular complexity index is 387. The molecule has 0 saturated carbocycles. The Hall–Kier alpha value is 0.340. The van der Waals surface area contributed by atoms with E-state index in [-0.39, 0.29) is 10.9 Å². The van der Waals surface area contributed by atoms with E-state index in [9.17, 15) is 16.8 Å². The van der Waals surface area contributed by atoms with Crippen LogP contribution in [0.1, 0.15) is 20.3 Å². The average Bonchev–Trinajstić information content (AvgIpc) is 1.73. The van der Waals surface area contributed by atoms with Crippen LogP contribution < -0.4 is 4.72 Å². The highest BCUT2D eigenvalue weighted by Gasteiger charge is 2.20. The highest BCUT2D eigenvalue weighted by atomic mass is 79.9. The minimum absolute atomic E-state index is 0.174. The van der Waals surface area contributed by atoms with Gasteiger partial charge in [-0.3, -0.25) is 0 Å². The van der Waals surface area contributed by atoms with Gasteiger partial charge in [0.05, 0.1) is 0 Å². The Morgan fingerprint density at radius 3 is 2.00 bits per heavy atom. The third-order valence-electron chi connectivity index (χ3n) is 1.43. The fourth-order valence-corrected chi connectivity index (χ4v) is 4.95. The van der Waals surface area contributed by atoms with Gasteiger partial charge in [0, 0.05) is 17.1 Å². The van der Waals surface area contributed by atoms with E-state index in [0.717, 1.165) is 6.26 Å². The topological polar surface area (TPSA) is 80.3 Å². The van der Waals surface area contributed by atoms with E-state index in [1.165, 1.54) is 0 Å². The van der Waals surface area contributed by atoms with E-state index in [1.807, 2.05) is 6.92 Å². The Kier molecular flexibility index (Phi) is 5.73. The summed E-state index contributed by atoms with van der Waals surface area (Å²) in [5.74, 6) is 0. The second-order valence-corrected chi connectivity index (χ2v) is 9.52. The number of sulfone groups is 1. The largest absolute Gasteiger partial charge is 0.228 e. The smallest absolute Gasteiger partial charge is 0.226 e. The summed E-state index contributed by atoms with van der Waals surface area (Å²) >= 11 is 3.29. The van der Waals surface area contributed by atoms with Gasteiger partial charge in [-0.1, -0.05) is 22.9 Å². The first kappa shape index (κ1) is 15.3. The maximum absolute atomic E-state index is 11.3. The highest BCUT2D eigenvalue weighted by molar-refractivity contribution is 9.09. The molecule has 5 nitrogen and oxygen atoms in total. The molecule has 0 aromatic carbocycles. The first-order chi connectivity index (χ1) is 6.52. The lowest BCUT2D eigenvalue weighted by Gasteiger charge is -2.14. The third-order valence-corrected chi connectivity index (χ3v) is 5.52. The summed E-state index contributed by atoms with van der Waals surface area (Å²) in [6.07, 6.45) is 1.49. The molecule has 8 heteroatoms. The van der Waals surface area contributed by atoms with Crippen molar-refractivity contribution in [3.63, 3.8) is 0 Å². The third kappa shape index (κ3) is 9.28. The molecule has 0 saturated heterocycles. The zero-order valence-corrected chi connectivity index (χ0v) is 12.1. The summed E-state index contributed by atoms with van der Waals surface area (Å²) < 4.78 is 46.6. The van der Waals surface area contributed by atoms with Crippen LogP contribution in [-0.4, -0.2) is 39.0 Å². The maximum Gasteiger partial charge on any atom is 0.226 e. The van der Waals surface area contributed by atoms with Crippen molar-refractivity contribution in [3.05, 3.63) is 0 Å². The van der Waals surface area contributed by atoms with E-state index < -0.39 is 24.9 Å². The van der Waals surface area contributed by atoms with Crippen LogP contribution in [0.15, 0.2) is 0 Å². The molecule has 0 aromatic heterocycles. The number of halogens is 1. The quantitative estimate of drug-likeness (QED) is 0.721. The van der Waals surface area contributed by atoms with E-state index in [1.54, 1.807) is 6.92 Å². The van der Waals surface area contributed by atoms with Gasteiger partial charge < -0.3 is 0 Å². The van der Waals surface area contributed by atoms with Gasteiger partial charge in [-0.2, -0.15) is 0 Å². The van der Waals surface area contributed by atoms with E-state index >= 15 is 0 Å². The number of hydrogen-bond donors (Lipinski definition) is 1. The fourth-order valence-electron chi connectivity index (χ4n) is 1.16. The summed E-state index contributed by atoms with van der Waals surface area (Å²) in [6.45, 7) is 3.58. The number of sulfonamides is 1. The van der Waals surface area contributed by atoms with Crippen molar-refractivity contribution in [2.75, 3.05) is 11.3 Å². The van der Waals surface area contributed by atoms with E-state index in [2.05, 4.69) is 20.7 Å². The van der Waals surface area contributed by atoms with Crippen molar-refractivity contribution in [1.29, 1.82) is 0 Å². The molecular formula is C7H16BrNO4S2. The second kappa shape index (κ2) is 5.60. The lowest BCUT2D eigenvalue weighted by Crippen LogP contribution is -2.37. The highest BCUT2D eigenvalue weighted by Crippen LogP contribution is 2.07. The van der Waals surface area contributed by atoms with Gasteiger partial charge in [-0.15, -0.1) is 0 Å². The molecule has 0 aliphatic carbocycles. The molecule has 1 N–H and O–H groups in total. The molecule has 92 valence electrons. The van der Waals surface area contributed by atoms with Crippen LogP contribution >= 0.6 is 15.9 Å². The number of rotatable bonds is 6. The maximum atomic E-state index is 11.3. The molecule has 15 heavy (non-hydrogen) atoms. The summed E-state index contributed by atoms with van der Waals surface area (Å²) in [7, 11) is -7.26. The Balaban J connectivity index is 4.40. The van der Waals surface area contributed by atoms with Gasteiger partial charge in [0.15, 0.2) is 14.9 Å². The first-order valence-corrected chi connectivity index (χ1v) is 8.96. The predicted molar refractivity (Wildman–Crippen MR) is 64.2 cm³/mol. The summed E-state index contributed by atoms with van der Waals surface area (Å²) in [5.41, 5.74) is 0. The standard InChI is InChI=1S/C7H16BrNO4S2/c1-6(8)4-7(2)9-15(12,13)5-14(3,10)11/h6-7,9H,4-5H2,1-3H3. The Morgan fingerprint density at radius 2 is 1.67 bits per heavy atom. The van der Waals surface area contributed by atoms with Gasteiger partial charge in [0.25, 0.3) is 0 Å². The lowest BCUT2D eigenvalue weighted by molar-refractivity contribution is 0.550. The van der Waals surface area contributed by atoms with Gasteiger partial charge in [0.2, 0.25) is 10.0 Å². The monoisotopic (exact) mass is 321 g/mol. The van der Waals surface area contributed by atoms with Crippen LogP contribution in [0.25, 0.3) is 0 Å². The van der Waals surface area contributed by atoms with Crippen molar-refractivity contribution < 1.29 is 16.8 Å².